The third kappa shape index (κ3) is 4.28. The van der Waals surface area contributed by atoms with E-state index in [4.69, 9.17) is 4.74 Å². The zero-order chi connectivity index (χ0) is 17.8. The lowest BCUT2D eigenvalue weighted by molar-refractivity contribution is 0.0813. The van der Waals surface area contributed by atoms with Gasteiger partial charge in [0.15, 0.2) is 0 Å². The van der Waals surface area contributed by atoms with Crippen LogP contribution < -0.4 is 10.3 Å². The number of likely N-dealkylation sites (tertiary alicyclic amines) is 1. The van der Waals surface area contributed by atoms with Crippen molar-refractivity contribution in [3.05, 3.63) is 47.0 Å². The summed E-state index contributed by atoms with van der Waals surface area (Å²) < 4.78 is 7.74. The van der Waals surface area contributed by atoms with Crippen molar-refractivity contribution in [2.75, 3.05) is 13.1 Å². The van der Waals surface area contributed by atoms with Gasteiger partial charge in [0.05, 0.1) is 0 Å². The van der Waals surface area contributed by atoms with Gasteiger partial charge in [-0.05, 0) is 51.3 Å². The fourth-order valence-electron chi connectivity index (χ4n) is 3.25. The van der Waals surface area contributed by atoms with Crippen molar-refractivity contribution in [2.45, 2.75) is 52.3 Å². The van der Waals surface area contributed by atoms with Crippen LogP contribution in [0.15, 0.2) is 41.5 Å². The normalized spacial score (nSPS) is 16.3. The van der Waals surface area contributed by atoms with Crippen molar-refractivity contribution in [3.63, 3.8) is 0 Å². The van der Waals surface area contributed by atoms with Crippen molar-refractivity contribution in [1.82, 2.24) is 14.5 Å². The molecular formula is C20H27N3O2. The summed E-state index contributed by atoms with van der Waals surface area (Å²) in [5, 5.41) is 0. The first-order chi connectivity index (χ1) is 12.1. The lowest BCUT2D eigenvalue weighted by Gasteiger charge is -2.34. The lowest BCUT2D eigenvalue weighted by atomic mass is 10.1. The van der Waals surface area contributed by atoms with Gasteiger partial charge in [0.2, 0.25) is 5.88 Å². The minimum Gasteiger partial charge on any atom is -0.474 e. The van der Waals surface area contributed by atoms with Gasteiger partial charge in [-0.3, -0.25) is 4.79 Å². The number of rotatable bonds is 5. The highest BCUT2D eigenvalue weighted by atomic mass is 16.5. The maximum absolute atomic E-state index is 11.7. The van der Waals surface area contributed by atoms with Crippen LogP contribution in [0.4, 0.5) is 0 Å². The van der Waals surface area contributed by atoms with Crippen LogP contribution in [0.2, 0.25) is 0 Å². The maximum atomic E-state index is 11.7. The Morgan fingerprint density at radius 1 is 1.16 bits per heavy atom. The van der Waals surface area contributed by atoms with Gasteiger partial charge in [0.25, 0.3) is 5.56 Å². The molecule has 0 aliphatic carbocycles. The number of hydrogen-bond donors (Lipinski definition) is 0. The van der Waals surface area contributed by atoms with Crippen LogP contribution in [0.5, 0.6) is 5.88 Å². The molecule has 5 heteroatoms. The zero-order valence-electron chi connectivity index (χ0n) is 15.3. The summed E-state index contributed by atoms with van der Waals surface area (Å²) in [6.45, 7) is 9.27. The van der Waals surface area contributed by atoms with E-state index in [9.17, 15) is 4.79 Å². The summed E-state index contributed by atoms with van der Waals surface area (Å²) in [4.78, 5) is 18.6. The quantitative estimate of drug-likeness (QED) is 0.838. The summed E-state index contributed by atoms with van der Waals surface area (Å²) in [6.07, 6.45) is 6.03. The number of ether oxygens (including phenoxy) is 1. The molecule has 0 radical (unpaired) electrons. The highest BCUT2D eigenvalue weighted by Crippen LogP contribution is 2.22. The van der Waals surface area contributed by atoms with Gasteiger partial charge in [0.1, 0.15) is 6.10 Å². The van der Waals surface area contributed by atoms with E-state index >= 15 is 0 Å². The molecule has 134 valence electrons. The summed E-state index contributed by atoms with van der Waals surface area (Å²) >= 11 is 0. The van der Waals surface area contributed by atoms with Gasteiger partial charge in [0, 0.05) is 55.8 Å². The second kappa shape index (κ2) is 7.83. The summed E-state index contributed by atoms with van der Waals surface area (Å²) in [7, 11) is 0. The Kier molecular flexibility index (Phi) is 5.53. The first-order valence-corrected chi connectivity index (χ1v) is 9.14. The molecule has 0 unspecified atom stereocenters. The van der Waals surface area contributed by atoms with Gasteiger partial charge in [-0.2, -0.15) is 0 Å². The summed E-state index contributed by atoms with van der Waals surface area (Å²) in [5.41, 5.74) is 2.00. The number of aromatic nitrogens is 2. The molecule has 2 aromatic heterocycles. The van der Waals surface area contributed by atoms with E-state index < -0.39 is 0 Å². The van der Waals surface area contributed by atoms with Gasteiger partial charge in [-0.15, -0.1) is 0 Å². The van der Waals surface area contributed by atoms with Crippen LogP contribution in [-0.2, 0) is 6.54 Å². The summed E-state index contributed by atoms with van der Waals surface area (Å²) in [6, 6.07) is 7.97. The predicted molar refractivity (Wildman–Crippen MR) is 100.0 cm³/mol. The minimum atomic E-state index is 0.0203. The number of piperidine rings is 1. The Morgan fingerprint density at radius 3 is 2.48 bits per heavy atom. The predicted octanol–water partition coefficient (Wildman–Crippen LogP) is 3.18. The van der Waals surface area contributed by atoms with Crippen LogP contribution in [0.3, 0.4) is 0 Å². The van der Waals surface area contributed by atoms with Crippen LogP contribution in [-0.4, -0.2) is 39.7 Å². The van der Waals surface area contributed by atoms with Gasteiger partial charge in [-0.25, -0.2) is 4.98 Å². The lowest BCUT2D eigenvalue weighted by Crippen LogP contribution is -2.41. The molecule has 1 aliphatic heterocycles. The monoisotopic (exact) mass is 341 g/mol. The average Bonchev–Trinajstić information content (AvgIpc) is 2.63. The Bertz CT molecular complexity index is 744. The van der Waals surface area contributed by atoms with Crippen molar-refractivity contribution < 1.29 is 4.74 Å². The SMILES string of the molecule is CCn1cc(-c2ccc(OC3CCN(C(C)C)CC3)nc2)ccc1=O. The molecule has 0 saturated carbocycles. The molecule has 5 nitrogen and oxygen atoms in total. The summed E-state index contributed by atoms with van der Waals surface area (Å²) in [5.74, 6) is 0.676. The molecule has 1 fully saturated rings. The van der Waals surface area contributed by atoms with Crippen LogP contribution in [0, 0.1) is 0 Å². The van der Waals surface area contributed by atoms with E-state index in [0.717, 1.165) is 37.1 Å². The number of aryl methyl sites for hydroxylation is 1. The van der Waals surface area contributed by atoms with Gasteiger partial charge in [-0.1, -0.05) is 0 Å². The molecule has 0 amide bonds. The highest BCUT2D eigenvalue weighted by Gasteiger charge is 2.22. The first kappa shape index (κ1) is 17.7. The largest absolute Gasteiger partial charge is 0.474 e. The molecule has 0 N–H and O–H groups in total. The molecular weight excluding hydrogens is 314 g/mol. The molecule has 0 spiro atoms. The smallest absolute Gasteiger partial charge is 0.250 e. The highest BCUT2D eigenvalue weighted by molar-refractivity contribution is 5.61. The van der Waals surface area contributed by atoms with Crippen molar-refractivity contribution in [2.24, 2.45) is 0 Å². The number of hydrogen-bond acceptors (Lipinski definition) is 4. The molecule has 3 heterocycles. The topological polar surface area (TPSA) is 47.4 Å². The van der Waals surface area contributed by atoms with Gasteiger partial charge >= 0.3 is 0 Å². The van der Waals surface area contributed by atoms with Crippen molar-refractivity contribution >= 4 is 0 Å². The Hall–Kier alpha value is -2.14. The molecule has 0 atom stereocenters. The molecule has 25 heavy (non-hydrogen) atoms. The Morgan fingerprint density at radius 2 is 1.88 bits per heavy atom. The van der Waals surface area contributed by atoms with Crippen LogP contribution in [0.25, 0.3) is 11.1 Å². The Labute approximate surface area is 149 Å². The van der Waals surface area contributed by atoms with E-state index in [-0.39, 0.29) is 11.7 Å². The number of nitrogens with zero attached hydrogens (tertiary/aromatic N) is 3. The van der Waals surface area contributed by atoms with Crippen molar-refractivity contribution in [3.8, 4) is 17.0 Å². The third-order valence-corrected chi connectivity index (χ3v) is 4.89. The number of pyridine rings is 2. The van der Waals surface area contributed by atoms with E-state index in [2.05, 4.69) is 23.7 Å². The molecule has 2 aromatic rings. The fourth-order valence-corrected chi connectivity index (χ4v) is 3.25. The Balaban J connectivity index is 1.64. The van der Waals surface area contributed by atoms with Crippen LogP contribution in [0.1, 0.15) is 33.6 Å². The average molecular weight is 341 g/mol. The first-order valence-electron chi connectivity index (χ1n) is 9.14. The van der Waals surface area contributed by atoms with E-state index in [1.807, 2.05) is 37.5 Å². The molecule has 1 saturated heterocycles. The molecule has 3 rings (SSSR count). The van der Waals surface area contributed by atoms with E-state index in [1.54, 1.807) is 10.6 Å². The van der Waals surface area contributed by atoms with Crippen molar-refractivity contribution in [1.29, 1.82) is 0 Å². The van der Waals surface area contributed by atoms with E-state index in [0.29, 0.717) is 18.5 Å². The third-order valence-electron chi connectivity index (χ3n) is 4.89. The minimum absolute atomic E-state index is 0.0203. The standard InChI is InChI=1S/C20H27N3O2/c1-4-22-14-17(6-8-20(22)24)16-5-7-19(21-13-16)25-18-9-11-23(12-10-18)15(2)3/h5-8,13-15,18H,4,9-12H2,1-3H3. The second-order valence-corrected chi connectivity index (χ2v) is 6.87. The molecule has 0 bridgehead atoms. The zero-order valence-corrected chi connectivity index (χ0v) is 15.3. The molecule has 0 aromatic carbocycles. The second-order valence-electron chi connectivity index (χ2n) is 6.87. The van der Waals surface area contributed by atoms with Gasteiger partial charge < -0.3 is 14.2 Å². The van der Waals surface area contributed by atoms with E-state index in [1.165, 1.54) is 0 Å². The fraction of sp³-hybridized carbons (Fsp3) is 0.500. The maximum Gasteiger partial charge on any atom is 0.250 e. The molecule has 1 aliphatic rings. The van der Waals surface area contributed by atoms with Crippen LogP contribution >= 0.6 is 0 Å².